The van der Waals surface area contributed by atoms with E-state index in [4.69, 9.17) is 9.47 Å². The predicted molar refractivity (Wildman–Crippen MR) is 124 cm³/mol. The summed E-state index contributed by atoms with van der Waals surface area (Å²) in [6, 6.07) is 16.2. The second kappa shape index (κ2) is 10.3. The van der Waals surface area contributed by atoms with Crippen LogP contribution in [-0.2, 0) is 21.2 Å². The summed E-state index contributed by atoms with van der Waals surface area (Å²) in [7, 11) is -0.892. The van der Waals surface area contributed by atoms with Crippen molar-refractivity contribution >= 4 is 48.9 Å². The molecule has 1 unspecified atom stereocenters. The summed E-state index contributed by atoms with van der Waals surface area (Å²) in [5.74, 6) is 0.461. The average Bonchev–Trinajstić information content (AvgIpc) is 3.21. The molecular weight excluding hydrogens is 504 g/mol. The smallest absolute Gasteiger partial charge is 0.250 e. The van der Waals surface area contributed by atoms with Gasteiger partial charge in [-0.15, -0.1) is 11.3 Å². The molecule has 0 fully saturated rings. The quantitative estimate of drug-likeness (QED) is 0.440. The number of sulfonamides is 1. The second-order valence-corrected chi connectivity index (χ2v) is 10.9. The van der Waals surface area contributed by atoms with Gasteiger partial charge < -0.3 is 14.8 Å². The number of benzene rings is 2. The SMILES string of the molecule is COc1ccc(NC(=O)C(Cc2ccccc2)NS(=O)(=O)c2ccc(Br)s2)c(OC)c1. The maximum Gasteiger partial charge on any atom is 0.250 e. The van der Waals surface area contributed by atoms with Crippen LogP contribution in [0.2, 0.25) is 0 Å². The van der Waals surface area contributed by atoms with Crippen LogP contribution in [0.4, 0.5) is 5.69 Å². The average molecular weight is 525 g/mol. The van der Waals surface area contributed by atoms with Crippen LogP contribution in [0.25, 0.3) is 0 Å². The topological polar surface area (TPSA) is 93.7 Å². The number of ether oxygens (including phenoxy) is 2. The number of thiophene rings is 1. The van der Waals surface area contributed by atoms with E-state index in [9.17, 15) is 13.2 Å². The Morgan fingerprint density at radius 3 is 2.42 bits per heavy atom. The van der Waals surface area contributed by atoms with Crippen molar-refractivity contribution in [2.75, 3.05) is 19.5 Å². The Hall–Kier alpha value is -2.40. The molecule has 1 heterocycles. The zero-order chi connectivity index (χ0) is 22.4. The van der Waals surface area contributed by atoms with E-state index in [1.807, 2.05) is 30.3 Å². The van der Waals surface area contributed by atoms with Crippen molar-refractivity contribution in [3.05, 3.63) is 70.0 Å². The molecule has 164 valence electrons. The summed E-state index contributed by atoms with van der Waals surface area (Å²) in [5, 5.41) is 2.76. The molecule has 3 rings (SSSR count). The van der Waals surface area contributed by atoms with Gasteiger partial charge in [0.05, 0.1) is 23.7 Å². The van der Waals surface area contributed by atoms with E-state index < -0.39 is 22.0 Å². The summed E-state index contributed by atoms with van der Waals surface area (Å²) in [6.45, 7) is 0. The lowest BCUT2D eigenvalue weighted by Gasteiger charge is -2.19. The Labute approximate surface area is 193 Å². The molecule has 0 saturated carbocycles. The normalized spacial score (nSPS) is 12.2. The Morgan fingerprint density at radius 2 is 1.81 bits per heavy atom. The maximum absolute atomic E-state index is 13.1. The summed E-state index contributed by atoms with van der Waals surface area (Å²) < 4.78 is 39.6. The van der Waals surface area contributed by atoms with Gasteiger partial charge in [-0.1, -0.05) is 30.3 Å². The van der Waals surface area contributed by atoms with Crippen molar-refractivity contribution in [2.24, 2.45) is 0 Å². The largest absolute Gasteiger partial charge is 0.497 e. The second-order valence-electron chi connectivity index (χ2n) is 6.48. The van der Waals surface area contributed by atoms with Gasteiger partial charge in [-0.25, -0.2) is 8.42 Å². The highest BCUT2D eigenvalue weighted by Gasteiger charge is 2.28. The number of rotatable bonds is 9. The zero-order valence-corrected chi connectivity index (χ0v) is 20.0. The molecule has 1 aromatic heterocycles. The lowest BCUT2D eigenvalue weighted by Crippen LogP contribution is -2.45. The van der Waals surface area contributed by atoms with Crippen LogP contribution in [0.3, 0.4) is 0 Å². The first-order valence-corrected chi connectivity index (χ1v) is 12.3. The van der Waals surface area contributed by atoms with Gasteiger partial charge in [0.25, 0.3) is 10.0 Å². The molecule has 10 heteroatoms. The molecule has 0 radical (unpaired) electrons. The van der Waals surface area contributed by atoms with Crippen LogP contribution < -0.4 is 19.5 Å². The number of hydrogen-bond acceptors (Lipinski definition) is 6. The van der Waals surface area contributed by atoms with Gasteiger partial charge in [0, 0.05) is 6.07 Å². The number of anilines is 1. The fourth-order valence-corrected chi connectivity index (χ4v) is 6.07. The Kier molecular flexibility index (Phi) is 7.71. The molecule has 0 bridgehead atoms. The van der Waals surface area contributed by atoms with E-state index in [-0.39, 0.29) is 10.6 Å². The fourth-order valence-electron chi connectivity index (χ4n) is 2.85. The monoisotopic (exact) mass is 524 g/mol. The number of halogens is 1. The standard InChI is InChI=1S/C21H21BrN2O5S2/c1-28-15-8-9-16(18(13-15)29-2)23-21(25)17(12-14-6-4-3-5-7-14)24-31(26,27)20-11-10-19(22)30-20/h3-11,13,17,24H,12H2,1-2H3,(H,23,25). The third-order valence-corrected chi connectivity index (χ3v) is 7.96. The van der Waals surface area contributed by atoms with Gasteiger partial charge in [-0.3, -0.25) is 4.79 Å². The lowest BCUT2D eigenvalue weighted by atomic mass is 10.1. The first-order valence-electron chi connectivity index (χ1n) is 9.17. The van der Waals surface area contributed by atoms with Gasteiger partial charge in [-0.05, 0) is 52.2 Å². The van der Waals surface area contributed by atoms with Gasteiger partial charge >= 0.3 is 0 Å². The van der Waals surface area contributed by atoms with Crippen LogP contribution in [0.1, 0.15) is 5.56 Å². The number of carbonyl (C=O) groups is 1. The third kappa shape index (κ3) is 6.07. The molecule has 7 nitrogen and oxygen atoms in total. The van der Waals surface area contributed by atoms with E-state index in [0.29, 0.717) is 21.0 Å². The molecule has 1 atom stereocenters. The number of amides is 1. The molecule has 0 aliphatic rings. The lowest BCUT2D eigenvalue weighted by molar-refractivity contribution is -0.117. The molecule has 0 aliphatic heterocycles. The highest BCUT2D eigenvalue weighted by Crippen LogP contribution is 2.30. The molecule has 2 aromatic carbocycles. The van der Waals surface area contributed by atoms with Gasteiger partial charge in [0.2, 0.25) is 5.91 Å². The van der Waals surface area contributed by atoms with E-state index in [1.165, 1.54) is 20.3 Å². The van der Waals surface area contributed by atoms with E-state index in [1.54, 1.807) is 24.3 Å². The first-order chi connectivity index (χ1) is 14.8. The molecular formula is C21H21BrN2O5S2. The highest BCUT2D eigenvalue weighted by atomic mass is 79.9. The molecule has 0 spiro atoms. The Balaban J connectivity index is 1.88. The number of nitrogens with one attached hydrogen (secondary N) is 2. The van der Waals surface area contributed by atoms with Crippen LogP contribution >= 0.6 is 27.3 Å². The van der Waals surface area contributed by atoms with E-state index in [2.05, 4.69) is 26.0 Å². The molecule has 2 N–H and O–H groups in total. The number of methoxy groups -OCH3 is 2. The van der Waals surface area contributed by atoms with Crippen molar-refractivity contribution in [1.29, 1.82) is 0 Å². The zero-order valence-electron chi connectivity index (χ0n) is 16.8. The van der Waals surface area contributed by atoms with Crippen LogP contribution in [0, 0.1) is 0 Å². The molecule has 0 saturated heterocycles. The van der Waals surface area contributed by atoms with Crippen molar-refractivity contribution in [1.82, 2.24) is 4.72 Å². The summed E-state index contributed by atoms with van der Waals surface area (Å²) in [6.07, 6.45) is 0.177. The first kappa shape index (κ1) is 23.3. The van der Waals surface area contributed by atoms with Crippen molar-refractivity contribution in [2.45, 2.75) is 16.7 Å². The van der Waals surface area contributed by atoms with Crippen molar-refractivity contribution in [3.8, 4) is 11.5 Å². The van der Waals surface area contributed by atoms with Crippen LogP contribution in [0.15, 0.2) is 68.7 Å². The molecule has 0 aliphatic carbocycles. The minimum atomic E-state index is -3.90. The van der Waals surface area contributed by atoms with Crippen LogP contribution in [-0.4, -0.2) is 34.6 Å². The highest BCUT2D eigenvalue weighted by molar-refractivity contribution is 9.11. The minimum Gasteiger partial charge on any atom is -0.497 e. The van der Waals surface area contributed by atoms with Crippen molar-refractivity contribution in [3.63, 3.8) is 0 Å². The Bertz CT molecular complexity index is 1150. The van der Waals surface area contributed by atoms with Crippen molar-refractivity contribution < 1.29 is 22.7 Å². The van der Waals surface area contributed by atoms with Gasteiger partial charge in [0.15, 0.2) is 0 Å². The summed E-state index contributed by atoms with van der Waals surface area (Å²) in [5.41, 5.74) is 1.23. The number of carbonyl (C=O) groups excluding carboxylic acids is 1. The van der Waals surface area contributed by atoms with E-state index in [0.717, 1.165) is 16.9 Å². The molecule has 1 amide bonds. The fraction of sp³-hybridized carbons (Fsp3) is 0.190. The maximum atomic E-state index is 13.1. The summed E-state index contributed by atoms with van der Waals surface area (Å²) in [4.78, 5) is 13.1. The Morgan fingerprint density at radius 1 is 1.06 bits per heavy atom. The molecule has 3 aromatic rings. The van der Waals surface area contributed by atoms with E-state index >= 15 is 0 Å². The van der Waals surface area contributed by atoms with Gasteiger partial charge in [-0.2, -0.15) is 4.72 Å². The van der Waals surface area contributed by atoms with Gasteiger partial charge in [0.1, 0.15) is 21.8 Å². The predicted octanol–water partition coefficient (Wildman–Crippen LogP) is 4.06. The minimum absolute atomic E-state index is 0.118. The van der Waals surface area contributed by atoms with Crippen LogP contribution in [0.5, 0.6) is 11.5 Å². The third-order valence-electron chi connectivity index (χ3n) is 4.38. The molecule has 31 heavy (non-hydrogen) atoms. The number of hydrogen-bond donors (Lipinski definition) is 2. The summed E-state index contributed by atoms with van der Waals surface area (Å²) >= 11 is 4.34.